The van der Waals surface area contributed by atoms with Crippen LogP contribution < -0.4 is 4.72 Å². The lowest BCUT2D eigenvalue weighted by Crippen LogP contribution is -2.50. The second-order valence-electron chi connectivity index (χ2n) is 10.4. The molecular formula is C27H53F6N2O3S+. The first-order valence-corrected chi connectivity index (χ1v) is 16.2. The fraction of sp³-hybridized carbons (Fsp3) is 0.963. The zero-order valence-corrected chi connectivity index (χ0v) is 25.3. The van der Waals surface area contributed by atoms with Crippen molar-refractivity contribution in [2.24, 2.45) is 0 Å². The summed E-state index contributed by atoms with van der Waals surface area (Å²) in [6.07, 6.45) is 17.2. The molecular weight excluding hydrogens is 546 g/mol. The molecule has 0 aromatic rings. The average Bonchev–Trinajstić information content (AvgIpc) is 2.84. The predicted octanol–water partition coefficient (Wildman–Crippen LogP) is 8.64. The Morgan fingerprint density at radius 3 is 1.05 bits per heavy atom. The van der Waals surface area contributed by atoms with E-state index in [0.717, 1.165) is 0 Å². The summed E-state index contributed by atoms with van der Waals surface area (Å²) < 4.78 is 89.4. The molecule has 0 aromatic heterocycles. The summed E-state index contributed by atoms with van der Waals surface area (Å²) in [6, 6.07) is 0. The van der Waals surface area contributed by atoms with Crippen LogP contribution >= 0.6 is 0 Å². The van der Waals surface area contributed by atoms with Crippen molar-refractivity contribution in [1.82, 2.24) is 4.72 Å². The third-order valence-corrected chi connectivity index (χ3v) is 7.80. The molecule has 5 nitrogen and oxygen atoms in total. The topological polar surface area (TPSA) is 63.2 Å². The Balaban J connectivity index is 0. The highest BCUT2D eigenvalue weighted by Crippen LogP contribution is 2.24. The summed E-state index contributed by atoms with van der Waals surface area (Å²) in [6.45, 7) is 15.2. The molecule has 12 heteroatoms. The summed E-state index contributed by atoms with van der Waals surface area (Å²) >= 11 is 0. The van der Waals surface area contributed by atoms with E-state index in [-0.39, 0.29) is 4.72 Å². The number of quaternary nitrogens is 1. The molecule has 0 aliphatic heterocycles. The first kappa shape index (κ1) is 40.1. The SMILES string of the molecule is CCCCCC[N+](CCCCCC)(CCCCCC)CCCCCC.O=C(NS(=O)(=O)C(F)(F)F)C(F)(F)F. The molecule has 0 atom stereocenters. The zero-order chi connectivity index (χ0) is 30.4. The molecule has 0 rings (SSSR count). The van der Waals surface area contributed by atoms with Crippen LogP contribution in [0.5, 0.6) is 0 Å². The van der Waals surface area contributed by atoms with Gasteiger partial charge in [-0.3, -0.25) is 4.79 Å². The van der Waals surface area contributed by atoms with Crippen LogP contribution in [0.25, 0.3) is 0 Å². The summed E-state index contributed by atoms with van der Waals surface area (Å²) in [5.74, 6) is -3.20. The molecule has 1 N–H and O–H groups in total. The fourth-order valence-corrected chi connectivity index (χ4v) is 4.88. The van der Waals surface area contributed by atoms with Crippen LogP contribution in [-0.2, 0) is 14.8 Å². The van der Waals surface area contributed by atoms with E-state index in [0.29, 0.717) is 0 Å². The summed E-state index contributed by atoms with van der Waals surface area (Å²) in [4.78, 5) is 9.81. The van der Waals surface area contributed by atoms with Crippen molar-refractivity contribution in [1.29, 1.82) is 0 Å². The highest BCUT2D eigenvalue weighted by atomic mass is 32.2. The molecule has 0 fully saturated rings. The molecule has 0 unspecified atom stereocenters. The first-order valence-electron chi connectivity index (χ1n) is 14.7. The minimum Gasteiger partial charge on any atom is -0.324 e. The molecule has 0 aliphatic carbocycles. The van der Waals surface area contributed by atoms with E-state index < -0.39 is 27.6 Å². The number of nitrogens with one attached hydrogen (secondary N) is 1. The van der Waals surface area contributed by atoms with Crippen molar-refractivity contribution in [3.63, 3.8) is 0 Å². The van der Waals surface area contributed by atoms with Gasteiger partial charge < -0.3 is 4.48 Å². The van der Waals surface area contributed by atoms with Crippen LogP contribution in [0.15, 0.2) is 0 Å². The van der Waals surface area contributed by atoms with Gasteiger partial charge in [0.2, 0.25) is 0 Å². The van der Waals surface area contributed by atoms with Crippen LogP contribution in [0, 0.1) is 0 Å². The van der Waals surface area contributed by atoms with E-state index in [1.54, 1.807) is 0 Å². The Morgan fingerprint density at radius 2 is 0.846 bits per heavy atom. The smallest absolute Gasteiger partial charge is 0.324 e. The van der Waals surface area contributed by atoms with E-state index in [1.165, 1.54) is 133 Å². The lowest BCUT2D eigenvalue weighted by Gasteiger charge is -2.39. The van der Waals surface area contributed by atoms with Crippen molar-refractivity contribution >= 4 is 15.9 Å². The highest BCUT2D eigenvalue weighted by Gasteiger charge is 2.51. The van der Waals surface area contributed by atoms with Crippen molar-refractivity contribution in [2.75, 3.05) is 26.2 Å². The number of unbranched alkanes of at least 4 members (excludes halogenated alkanes) is 12. The Morgan fingerprint density at radius 1 is 0.564 bits per heavy atom. The summed E-state index contributed by atoms with van der Waals surface area (Å²) in [7, 11) is -6.30. The Labute approximate surface area is 233 Å². The molecule has 1 amide bonds. The second-order valence-corrected chi connectivity index (χ2v) is 12.0. The van der Waals surface area contributed by atoms with Gasteiger partial charge in [-0.1, -0.05) is 79.1 Å². The van der Waals surface area contributed by atoms with Crippen LogP contribution in [0.2, 0.25) is 0 Å². The normalized spacial score (nSPS) is 12.7. The van der Waals surface area contributed by atoms with Gasteiger partial charge in [0.1, 0.15) is 0 Å². The maximum absolute atomic E-state index is 11.4. The third kappa shape index (κ3) is 20.5. The lowest BCUT2D eigenvalue weighted by molar-refractivity contribution is -0.929. The average molecular weight is 600 g/mol. The number of alkyl halides is 6. The quantitative estimate of drug-likeness (QED) is 0.0816. The van der Waals surface area contributed by atoms with Gasteiger partial charge in [0.15, 0.2) is 0 Å². The molecule has 0 heterocycles. The van der Waals surface area contributed by atoms with Gasteiger partial charge in [-0.05, 0) is 51.4 Å². The van der Waals surface area contributed by atoms with Gasteiger partial charge in [-0.15, -0.1) is 0 Å². The molecule has 0 aromatic carbocycles. The van der Waals surface area contributed by atoms with E-state index in [4.69, 9.17) is 0 Å². The molecule has 0 saturated heterocycles. The Kier molecular flexibility index (Phi) is 22.3. The van der Waals surface area contributed by atoms with Crippen molar-refractivity contribution in [3.05, 3.63) is 0 Å². The van der Waals surface area contributed by atoms with Crippen LogP contribution in [0.3, 0.4) is 0 Å². The van der Waals surface area contributed by atoms with E-state index in [2.05, 4.69) is 27.7 Å². The molecule has 0 radical (unpaired) electrons. The maximum atomic E-state index is 11.4. The highest BCUT2D eigenvalue weighted by molar-refractivity contribution is 7.90. The van der Waals surface area contributed by atoms with Crippen LogP contribution in [0.1, 0.15) is 130 Å². The monoisotopic (exact) mass is 599 g/mol. The van der Waals surface area contributed by atoms with E-state index in [9.17, 15) is 39.6 Å². The minimum atomic E-state index is -6.30. The summed E-state index contributed by atoms with van der Waals surface area (Å²) in [5.41, 5.74) is -5.96. The molecule has 236 valence electrons. The number of hydrogen-bond acceptors (Lipinski definition) is 3. The van der Waals surface area contributed by atoms with Gasteiger partial charge in [0.05, 0.1) is 26.2 Å². The van der Waals surface area contributed by atoms with Crippen molar-refractivity contribution < 1.29 is 44.0 Å². The number of sulfonamides is 1. The molecule has 0 aliphatic rings. The van der Waals surface area contributed by atoms with E-state index >= 15 is 0 Å². The third-order valence-electron chi connectivity index (χ3n) is 6.73. The Hall–Kier alpha value is -1.04. The molecule has 39 heavy (non-hydrogen) atoms. The molecule has 0 bridgehead atoms. The first-order chi connectivity index (χ1) is 18.1. The standard InChI is InChI=1S/C24H52N.C3HF6NO3S/c1-5-9-13-17-21-25(22-18-14-10-6-2,23-19-15-11-7-3)24-20-16-12-8-4;4-2(5,6)1(11)10-14(12,13)3(7,8)9/h5-24H2,1-4H3;(H,10,11)/q+1;. The van der Waals surface area contributed by atoms with Gasteiger partial charge in [0.25, 0.3) is 0 Å². The number of rotatable bonds is 21. The number of halogens is 6. The van der Waals surface area contributed by atoms with Crippen LogP contribution in [0.4, 0.5) is 26.3 Å². The maximum Gasteiger partial charge on any atom is 0.516 e. The number of amides is 1. The van der Waals surface area contributed by atoms with E-state index in [1.807, 2.05) is 0 Å². The van der Waals surface area contributed by atoms with Crippen molar-refractivity contribution in [3.8, 4) is 0 Å². The predicted molar refractivity (Wildman–Crippen MR) is 145 cm³/mol. The lowest BCUT2D eigenvalue weighted by atomic mass is 10.1. The molecule has 0 saturated carbocycles. The van der Waals surface area contributed by atoms with Gasteiger partial charge >= 0.3 is 27.6 Å². The van der Waals surface area contributed by atoms with Crippen molar-refractivity contribution in [2.45, 2.75) is 142 Å². The zero-order valence-electron chi connectivity index (χ0n) is 24.5. The number of carbonyl (C=O) groups excluding carboxylic acids is 1. The largest absolute Gasteiger partial charge is 0.516 e. The number of hydrogen-bond donors (Lipinski definition) is 1. The van der Waals surface area contributed by atoms with Gasteiger partial charge in [-0.25, -0.2) is 4.72 Å². The fourth-order valence-electron chi connectivity index (χ4n) is 4.40. The van der Waals surface area contributed by atoms with Crippen LogP contribution in [-0.4, -0.2) is 56.7 Å². The van der Waals surface area contributed by atoms with Gasteiger partial charge in [-0.2, -0.15) is 34.8 Å². The second kappa shape index (κ2) is 21.7. The number of carbonyl (C=O) groups is 1. The van der Waals surface area contributed by atoms with Gasteiger partial charge in [0, 0.05) is 0 Å². The Bertz CT molecular complexity index is 660. The molecule has 0 spiro atoms. The minimum absolute atomic E-state index is 0.181. The number of nitrogens with zero attached hydrogens (tertiary/aromatic N) is 1. The summed E-state index contributed by atoms with van der Waals surface area (Å²) in [5, 5.41) is 0.